The maximum atomic E-state index is 5.39. The molecular formula is C8H12OS. The summed E-state index contributed by atoms with van der Waals surface area (Å²) in [5.74, 6) is 1.92. The van der Waals surface area contributed by atoms with Crippen LogP contribution in [0, 0.1) is 12.3 Å². The highest BCUT2D eigenvalue weighted by molar-refractivity contribution is 8.00. The Labute approximate surface area is 66.5 Å². The summed E-state index contributed by atoms with van der Waals surface area (Å²) in [5.41, 5.74) is 0. The molecule has 2 heterocycles. The third-order valence-electron chi connectivity index (χ3n) is 2.21. The summed E-state index contributed by atoms with van der Waals surface area (Å²) < 4.78 is 5.39. The average molecular weight is 156 g/mol. The first-order chi connectivity index (χ1) is 4.97. The third kappa shape index (κ3) is 1.32. The summed E-state index contributed by atoms with van der Waals surface area (Å²) in [6, 6.07) is 0. The van der Waals surface area contributed by atoms with Gasteiger partial charge in [-0.25, -0.2) is 0 Å². The molecule has 2 aliphatic heterocycles. The van der Waals surface area contributed by atoms with Gasteiger partial charge in [-0.05, 0) is 25.2 Å². The first kappa shape index (κ1) is 6.99. The highest BCUT2D eigenvalue weighted by atomic mass is 32.2. The molecule has 0 N–H and O–H groups in total. The van der Waals surface area contributed by atoms with Crippen molar-refractivity contribution in [2.75, 3.05) is 19.0 Å². The largest absolute Gasteiger partial charge is 0.381 e. The van der Waals surface area contributed by atoms with Gasteiger partial charge in [-0.2, -0.15) is 11.8 Å². The van der Waals surface area contributed by atoms with Crippen LogP contribution >= 0.6 is 11.8 Å². The van der Waals surface area contributed by atoms with Crippen LogP contribution in [0.3, 0.4) is 0 Å². The van der Waals surface area contributed by atoms with E-state index >= 15 is 0 Å². The van der Waals surface area contributed by atoms with Crippen molar-refractivity contribution in [1.82, 2.24) is 0 Å². The Morgan fingerprint density at radius 1 is 1.50 bits per heavy atom. The van der Waals surface area contributed by atoms with E-state index in [1.807, 2.05) is 0 Å². The number of ether oxygens (including phenoxy) is 1. The van der Waals surface area contributed by atoms with Gasteiger partial charge in [0.05, 0.1) is 6.61 Å². The molecule has 0 bridgehead atoms. The number of hydrogen-bond acceptors (Lipinski definition) is 2. The van der Waals surface area contributed by atoms with Gasteiger partial charge in [0.15, 0.2) is 0 Å². The van der Waals surface area contributed by atoms with E-state index in [0.29, 0.717) is 0 Å². The molecule has 2 aliphatic rings. The first-order valence-corrected chi connectivity index (χ1v) is 4.92. The van der Waals surface area contributed by atoms with Crippen LogP contribution in [0.1, 0.15) is 12.8 Å². The lowest BCUT2D eigenvalue weighted by atomic mass is 9.96. The summed E-state index contributed by atoms with van der Waals surface area (Å²) >= 11 is 2.06. The van der Waals surface area contributed by atoms with Gasteiger partial charge in [0.25, 0.3) is 0 Å². The second kappa shape index (κ2) is 3.14. The SMILES string of the molecule is [C]1CSC2CCOCC2C1. The van der Waals surface area contributed by atoms with Crippen molar-refractivity contribution in [3.8, 4) is 0 Å². The van der Waals surface area contributed by atoms with Gasteiger partial charge < -0.3 is 4.74 Å². The lowest BCUT2D eigenvalue weighted by molar-refractivity contribution is 0.0578. The third-order valence-corrected chi connectivity index (χ3v) is 3.63. The smallest absolute Gasteiger partial charge is 0.0505 e. The van der Waals surface area contributed by atoms with E-state index in [1.54, 1.807) is 0 Å². The Morgan fingerprint density at radius 3 is 3.40 bits per heavy atom. The fourth-order valence-electron chi connectivity index (χ4n) is 1.60. The van der Waals surface area contributed by atoms with E-state index < -0.39 is 0 Å². The van der Waals surface area contributed by atoms with Crippen molar-refractivity contribution in [1.29, 1.82) is 0 Å². The van der Waals surface area contributed by atoms with Gasteiger partial charge in [0.2, 0.25) is 0 Å². The molecule has 0 saturated carbocycles. The lowest BCUT2D eigenvalue weighted by Crippen LogP contribution is -2.32. The zero-order valence-electron chi connectivity index (χ0n) is 6.01. The topological polar surface area (TPSA) is 9.23 Å². The molecule has 2 atom stereocenters. The lowest BCUT2D eigenvalue weighted by Gasteiger charge is -2.34. The number of fused-ring (bicyclic) bond motifs is 1. The van der Waals surface area contributed by atoms with Crippen LogP contribution in [0.4, 0.5) is 0 Å². The summed E-state index contributed by atoms with van der Waals surface area (Å²) in [6.45, 7) is 1.96. The van der Waals surface area contributed by atoms with E-state index in [-0.39, 0.29) is 0 Å². The molecule has 2 unspecified atom stereocenters. The van der Waals surface area contributed by atoms with Gasteiger partial charge >= 0.3 is 0 Å². The fraction of sp³-hybridized carbons (Fsp3) is 0.875. The van der Waals surface area contributed by atoms with E-state index in [4.69, 9.17) is 4.74 Å². The van der Waals surface area contributed by atoms with Crippen LogP contribution in [0.15, 0.2) is 0 Å². The number of hydrogen-bond donors (Lipinski definition) is 0. The molecule has 10 heavy (non-hydrogen) atoms. The maximum Gasteiger partial charge on any atom is 0.0505 e. The van der Waals surface area contributed by atoms with Gasteiger partial charge in [0, 0.05) is 17.6 Å². The van der Waals surface area contributed by atoms with E-state index in [9.17, 15) is 0 Å². The van der Waals surface area contributed by atoms with E-state index in [2.05, 4.69) is 18.2 Å². The van der Waals surface area contributed by atoms with Crippen molar-refractivity contribution in [2.24, 2.45) is 5.92 Å². The molecule has 2 heteroatoms. The molecule has 2 radical (unpaired) electrons. The predicted molar refractivity (Wildman–Crippen MR) is 43.0 cm³/mol. The highest BCUT2D eigenvalue weighted by Crippen LogP contribution is 2.34. The van der Waals surface area contributed by atoms with Crippen molar-refractivity contribution in [3.05, 3.63) is 6.42 Å². The molecule has 2 saturated heterocycles. The maximum absolute atomic E-state index is 5.39. The molecule has 2 fully saturated rings. The monoisotopic (exact) mass is 156 g/mol. The molecule has 0 aliphatic carbocycles. The van der Waals surface area contributed by atoms with E-state index in [1.165, 1.54) is 6.42 Å². The van der Waals surface area contributed by atoms with Crippen LogP contribution in [0.25, 0.3) is 0 Å². The minimum atomic E-state index is 0.785. The molecule has 0 spiro atoms. The second-order valence-corrected chi connectivity index (χ2v) is 4.15. The number of thioether (sulfide) groups is 1. The van der Waals surface area contributed by atoms with E-state index in [0.717, 1.165) is 36.6 Å². The molecule has 0 aromatic rings. The summed E-state index contributed by atoms with van der Waals surface area (Å²) in [5, 5.41) is 0.884. The molecule has 0 aromatic carbocycles. The van der Waals surface area contributed by atoms with Crippen LogP contribution in [-0.2, 0) is 4.74 Å². The summed E-state index contributed by atoms with van der Waals surface area (Å²) in [6.07, 6.45) is 5.79. The molecular weight excluding hydrogens is 144 g/mol. The second-order valence-electron chi connectivity index (χ2n) is 2.93. The normalized spacial score (nSPS) is 40.8. The van der Waals surface area contributed by atoms with Crippen LogP contribution in [-0.4, -0.2) is 24.2 Å². The van der Waals surface area contributed by atoms with Crippen molar-refractivity contribution in [3.63, 3.8) is 0 Å². The minimum Gasteiger partial charge on any atom is -0.381 e. The van der Waals surface area contributed by atoms with Crippen molar-refractivity contribution in [2.45, 2.75) is 18.1 Å². The minimum absolute atomic E-state index is 0.785. The Kier molecular flexibility index (Phi) is 2.19. The Balaban J connectivity index is 1.93. The Bertz CT molecular complexity index is 89.8. The summed E-state index contributed by atoms with van der Waals surface area (Å²) in [7, 11) is 0. The first-order valence-electron chi connectivity index (χ1n) is 3.87. The van der Waals surface area contributed by atoms with Crippen molar-refractivity contribution < 1.29 is 4.74 Å². The Morgan fingerprint density at radius 2 is 2.50 bits per heavy atom. The molecule has 2 rings (SSSR count). The molecule has 56 valence electrons. The van der Waals surface area contributed by atoms with Gasteiger partial charge in [-0.1, -0.05) is 0 Å². The van der Waals surface area contributed by atoms with Gasteiger partial charge in [-0.15, -0.1) is 0 Å². The van der Waals surface area contributed by atoms with Crippen LogP contribution < -0.4 is 0 Å². The Hall–Kier alpha value is 0.310. The molecule has 0 aromatic heterocycles. The average Bonchev–Trinajstić information content (AvgIpc) is 2.05. The number of rotatable bonds is 0. The predicted octanol–water partition coefficient (Wildman–Crippen LogP) is 1.61. The zero-order valence-corrected chi connectivity index (χ0v) is 6.82. The van der Waals surface area contributed by atoms with Gasteiger partial charge in [-0.3, -0.25) is 0 Å². The van der Waals surface area contributed by atoms with Gasteiger partial charge in [0.1, 0.15) is 0 Å². The zero-order chi connectivity index (χ0) is 6.81. The molecule has 1 nitrogen and oxygen atoms in total. The van der Waals surface area contributed by atoms with Crippen molar-refractivity contribution >= 4 is 11.8 Å². The van der Waals surface area contributed by atoms with Crippen LogP contribution in [0.5, 0.6) is 0 Å². The quantitative estimate of drug-likeness (QED) is 0.527. The van der Waals surface area contributed by atoms with Crippen LogP contribution in [0.2, 0.25) is 0 Å². The fourth-order valence-corrected chi connectivity index (χ4v) is 2.76. The standard InChI is InChI=1S/C8H12OS/c1-2-7-6-9-4-3-8(7)10-5-1/h7-8H,2-6H2. The molecule has 0 amide bonds. The highest BCUT2D eigenvalue weighted by Gasteiger charge is 2.28. The summed E-state index contributed by atoms with van der Waals surface area (Å²) in [4.78, 5) is 0.